The molecule has 3 aromatic heterocycles. The number of nitrogens with one attached hydrogen (secondary N) is 2. The normalized spacial score (nSPS) is 11.3. The van der Waals surface area contributed by atoms with Gasteiger partial charge in [-0.05, 0) is 36.8 Å². The molecule has 9 nitrogen and oxygen atoms in total. The van der Waals surface area contributed by atoms with Crippen LogP contribution in [0.25, 0.3) is 28.2 Å². The maximum absolute atomic E-state index is 12.7. The maximum atomic E-state index is 12.7. The molecule has 9 heteroatoms. The zero-order valence-electron chi connectivity index (χ0n) is 19.3. The summed E-state index contributed by atoms with van der Waals surface area (Å²) in [6.45, 7) is 2.17. The zero-order valence-corrected chi connectivity index (χ0v) is 19.3. The Morgan fingerprint density at radius 2 is 2.06 bits per heavy atom. The molecule has 1 amide bonds. The van der Waals surface area contributed by atoms with Gasteiger partial charge in [0, 0.05) is 54.3 Å². The molecule has 0 saturated heterocycles. The lowest BCUT2D eigenvalue weighted by Crippen LogP contribution is -2.24. The Bertz CT molecular complexity index is 1440. The van der Waals surface area contributed by atoms with E-state index in [-0.39, 0.29) is 12.1 Å². The summed E-state index contributed by atoms with van der Waals surface area (Å²) in [6.07, 6.45) is 7.00. The number of carbonyl (C=O) groups is 1. The molecule has 34 heavy (non-hydrogen) atoms. The van der Waals surface area contributed by atoms with Crippen LogP contribution in [0.3, 0.4) is 0 Å². The second-order valence-corrected chi connectivity index (χ2v) is 7.71. The van der Waals surface area contributed by atoms with Crippen molar-refractivity contribution in [1.29, 1.82) is 5.26 Å². The van der Waals surface area contributed by atoms with Crippen molar-refractivity contribution in [2.24, 2.45) is 7.05 Å². The Labute approximate surface area is 196 Å². The van der Waals surface area contributed by atoms with Gasteiger partial charge in [-0.25, -0.2) is 4.98 Å². The predicted molar refractivity (Wildman–Crippen MR) is 128 cm³/mol. The summed E-state index contributed by atoms with van der Waals surface area (Å²) in [5.41, 5.74) is 4.94. The second kappa shape index (κ2) is 9.50. The molecule has 0 atom stereocenters. The second-order valence-electron chi connectivity index (χ2n) is 7.71. The van der Waals surface area contributed by atoms with Gasteiger partial charge in [-0.15, -0.1) is 0 Å². The third kappa shape index (κ3) is 4.47. The summed E-state index contributed by atoms with van der Waals surface area (Å²) >= 11 is 0. The summed E-state index contributed by atoms with van der Waals surface area (Å²) < 4.78 is 12.3. The highest BCUT2D eigenvalue weighted by atomic mass is 16.5. The quantitative estimate of drug-likeness (QED) is 0.325. The Morgan fingerprint density at radius 3 is 2.74 bits per heavy atom. The highest BCUT2D eigenvalue weighted by molar-refractivity contribution is 6.04. The van der Waals surface area contributed by atoms with E-state index < -0.39 is 5.91 Å². The number of nitrogens with zero attached hydrogens (tertiary/aromatic N) is 4. The van der Waals surface area contributed by atoms with Gasteiger partial charge in [0.25, 0.3) is 5.91 Å². The van der Waals surface area contributed by atoms with Crippen LogP contribution in [0.4, 0.5) is 0 Å². The van der Waals surface area contributed by atoms with Crippen LogP contribution >= 0.6 is 0 Å². The van der Waals surface area contributed by atoms with E-state index >= 15 is 0 Å². The maximum Gasteiger partial charge on any atom is 0.262 e. The van der Waals surface area contributed by atoms with Gasteiger partial charge in [-0.3, -0.25) is 9.48 Å². The van der Waals surface area contributed by atoms with Crippen molar-refractivity contribution in [3.8, 4) is 28.7 Å². The van der Waals surface area contributed by atoms with Crippen LogP contribution in [0, 0.1) is 18.3 Å². The number of pyridine rings is 1. The van der Waals surface area contributed by atoms with Gasteiger partial charge in [-0.2, -0.15) is 10.4 Å². The van der Waals surface area contributed by atoms with Crippen LogP contribution < -0.4 is 14.8 Å². The van der Waals surface area contributed by atoms with E-state index in [1.54, 1.807) is 49.5 Å². The fourth-order valence-corrected chi connectivity index (χ4v) is 3.75. The predicted octanol–water partition coefficient (Wildman–Crippen LogP) is 3.51. The average Bonchev–Trinajstić information content (AvgIpc) is 3.41. The molecule has 2 N–H and O–H groups in total. The van der Waals surface area contributed by atoms with Crippen molar-refractivity contribution in [3.05, 3.63) is 65.2 Å². The molecule has 0 saturated carbocycles. The number of nitriles is 1. The number of hydrogen-bond donors (Lipinski definition) is 2. The Morgan fingerprint density at radius 1 is 1.26 bits per heavy atom. The molecule has 172 valence electrons. The van der Waals surface area contributed by atoms with Gasteiger partial charge in [0.15, 0.2) is 11.5 Å². The Balaban J connectivity index is 1.57. The lowest BCUT2D eigenvalue weighted by molar-refractivity contribution is -0.117. The largest absolute Gasteiger partial charge is 0.493 e. The number of aromatic amines is 1. The molecule has 3 heterocycles. The molecule has 0 aliphatic carbocycles. The van der Waals surface area contributed by atoms with Gasteiger partial charge in [0.1, 0.15) is 17.3 Å². The number of H-pyrrole nitrogens is 1. The first-order chi connectivity index (χ1) is 16.4. The van der Waals surface area contributed by atoms with E-state index in [0.717, 1.165) is 27.8 Å². The van der Waals surface area contributed by atoms with Gasteiger partial charge in [0.05, 0.1) is 19.9 Å². The smallest absolute Gasteiger partial charge is 0.262 e. The molecule has 4 rings (SSSR count). The average molecular weight is 457 g/mol. The summed E-state index contributed by atoms with van der Waals surface area (Å²) in [4.78, 5) is 20.3. The number of rotatable bonds is 7. The SMILES string of the molecule is COc1ccc(CNC(=O)/C(C#N)=C/c2c[nH]c3ncc(-c4cn(C)nc4C)cc23)cc1OC. The van der Waals surface area contributed by atoms with E-state index in [1.807, 2.05) is 38.4 Å². The molecule has 0 aliphatic rings. The molecular formula is C25H24N6O3. The number of fused-ring (bicyclic) bond motifs is 1. The van der Waals surface area contributed by atoms with Crippen LogP contribution in [0.2, 0.25) is 0 Å². The summed E-state index contributed by atoms with van der Waals surface area (Å²) in [7, 11) is 4.98. The number of methoxy groups -OCH3 is 2. The van der Waals surface area contributed by atoms with Crippen LogP contribution in [0.1, 0.15) is 16.8 Å². The third-order valence-corrected chi connectivity index (χ3v) is 5.45. The topological polar surface area (TPSA) is 118 Å². The first kappa shape index (κ1) is 22.6. The van der Waals surface area contributed by atoms with Gasteiger partial charge < -0.3 is 19.8 Å². The number of hydrogen-bond acceptors (Lipinski definition) is 6. The lowest BCUT2D eigenvalue weighted by Gasteiger charge is -2.10. The molecule has 0 aliphatic heterocycles. The molecule has 4 aromatic rings. The number of ether oxygens (including phenoxy) is 2. The fraction of sp³-hybridized carbons (Fsp3) is 0.200. The minimum absolute atomic E-state index is 0.00987. The first-order valence-corrected chi connectivity index (χ1v) is 10.5. The molecule has 1 aromatic carbocycles. The van der Waals surface area contributed by atoms with Crippen molar-refractivity contribution < 1.29 is 14.3 Å². The minimum Gasteiger partial charge on any atom is -0.493 e. The number of carbonyl (C=O) groups excluding carboxylic acids is 1. The first-order valence-electron chi connectivity index (χ1n) is 10.5. The monoisotopic (exact) mass is 456 g/mol. The van der Waals surface area contributed by atoms with E-state index in [4.69, 9.17) is 9.47 Å². The molecule has 0 fully saturated rings. The highest BCUT2D eigenvalue weighted by Gasteiger charge is 2.14. The summed E-state index contributed by atoms with van der Waals surface area (Å²) in [5.74, 6) is 0.694. The third-order valence-electron chi connectivity index (χ3n) is 5.45. The Hall–Kier alpha value is -4.58. The van der Waals surface area contributed by atoms with Crippen LogP contribution in [-0.4, -0.2) is 39.9 Å². The van der Waals surface area contributed by atoms with E-state index in [9.17, 15) is 10.1 Å². The van der Waals surface area contributed by atoms with Gasteiger partial charge in [0.2, 0.25) is 0 Å². The lowest BCUT2D eigenvalue weighted by atomic mass is 10.1. The van der Waals surface area contributed by atoms with Crippen LogP contribution in [0.5, 0.6) is 11.5 Å². The number of aromatic nitrogens is 4. The van der Waals surface area contributed by atoms with E-state index in [1.165, 1.54) is 0 Å². The zero-order chi connectivity index (χ0) is 24.2. The Kier molecular flexibility index (Phi) is 6.32. The van der Waals surface area contributed by atoms with Crippen molar-refractivity contribution in [1.82, 2.24) is 25.1 Å². The van der Waals surface area contributed by atoms with E-state index in [0.29, 0.717) is 22.7 Å². The van der Waals surface area contributed by atoms with Crippen molar-refractivity contribution in [2.45, 2.75) is 13.5 Å². The van der Waals surface area contributed by atoms with Gasteiger partial charge in [-0.1, -0.05) is 6.07 Å². The number of benzene rings is 1. The standard InChI is InChI=1S/C25H24N6O3/c1-15-21(14-31(2)30-15)19-9-20-18(12-27-24(20)28-13-19)8-17(10-26)25(32)29-11-16-5-6-22(33-3)23(7-16)34-4/h5-9,12-14H,11H2,1-4H3,(H,27,28)(H,29,32)/b17-8+. The minimum atomic E-state index is -0.473. The van der Waals surface area contributed by atoms with Crippen molar-refractivity contribution >= 4 is 23.0 Å². The molecule has 0 spiro atoms. The van der Waals surface area contributed by atoms with Gasteiger partial charge >= 0.3 is 0 Å². The number of aryl methyl sites for hydroxylation is 2. The highest BCUT2D eigenvalue weighted by Crippen LogP contribution is 2.28. The molecular weight excluding hydrogens is 432 g/mol. The van der Waals surface area contributed by atoms with Crippen LogP contribution in [-0.2, 0) is 18.4 Å². The molecule has 0 radical (unpaired) electrons. The summed E-state index contributed by atoms with van der Waals surface area (Å²) in [6, 6.07) is 9.34. The number of amides is 1. The fourth-order valence-electron chi connectivity index (χ4n) is 3.75. The van der Waals surface area contributed by atoms with E-state index in [2.05, 4.69) is 20.4 Å². The van der Waals surface area contributed by atoms with Crippen LogP contribution in [0.15, 0.2) is 48.4 Å². The van der Waals surface area contributed by atoms with Crippen molar-refractivity contribution in [2.75, 3.05) is 14.2 Å². The van der Waals surface area contributed by atoms with Crippen molar-refractivity contribution in [3.63, 3.8) is 0 Å². The summed E-state index contributed by atoms with van der Waals surface area (Å²) in [5, 5.41) is 17.6. The molecule has 0 bridgehead atoms. The molecule has 0 unspecified atom stereocenters.